The van der Waals surface area contributed by atoms with Crippen molar-refractivity contribution in [3.8, 4) is 0 Å². The highest BCUT2D eigenvalue weighted by atomic mass is 19.4. The van der Waals surface area contributed by atoms with Crippen molar-refractivity contribution in [2.24, 2.45) is 0 Å². The van der Waals surface area contributed by atoms with Gasteiger partial charge in [0.2, 0.25) is 0 Å². The van der Waals surface area contributed by atoms with E-state index >= 15 is 0 Å². The summed E-state index contributed by atoms with van der Waals surface area (Å²) < 4.78 is 160. The van der Waals surface area contributed by atoms with Crippen molar-refractivity contribution in [1.82, 2.24) is 0 Å². The standard InChI is InChI=1S/C28H16BF12.C19H41N/c30-25(31,32)17-1-9-21(10-2-17)29(22-11-3-18(4-12-22)26(33,34)35,23-13-5-19(6-14-23)27(36,37)38)24-15-7-20(8-16-24)28(39,40)41;1-3-4-5-6-7-8-9-10-11-12-13-14-15-16-17-18-19-20-2/h1-16H;20H,3-19H2,1-2H3/q-1;/p+1. The van der Waals surface area contributed by atoms with Crippen LogP contribution in [0.4, 0.5) is 52.7 Å². The Hall–Kier alpha value is -3.94. The van der Waals surface area contributed by atoms with Gasteiger partial charge in [0, 0.05) is 0 Å². The van der Waals surface area contributed by atoms with Crippen molar-refractivity contribution in [3.05, 3.63) is 119 Å². The lowest BCUT2D eigenvalue weighted by atomic mass is 9.13. The molecule has 0 amide bonds. The second-order valence-electron chi connectivity index (χ2n) is 15.8. The predicted octanol–water partition coefficient (Wildman–Crippen LogP) is 12.6. The molecular formula is C47H58BF12N. The van der Waals surface area contributed by atoms with Crippen LogP contribution in [-0.2, 0) is 24.7 Å². The molecule has 0 aliphatic heterocycles. The third kappa shape index (κ3) is 16.0. The molecule has 4 aromatic rings. The van der Waals surface area contributed by atoms with Gasteiger partial charge in [-0.15, -0.1) is 0 Å². The van der Waals surface area contributed by atoms with Gasteiger partial charge in [-0.2, -0.15) is 74.5 Å². The van der Waals surface area contributed by atoms with E-state index in [9.17, 15) is 52.7 Å². The van der Waals surface area contributed by atoms with E-state index in [0.29, 0.717) is 48.5 Å². The fourth-order valence-corrected chi connectivity index (χ4v) is 7.89. The van der Waals surface area contributed by atoms with Crippen molar-refractivity contribution in [1.29, 1.82) is 0 Å². The molecule has 0 saturated heterocycles. The van der Waals surface area contributed by atoms with E-state index in [1.54, 1.807) is 0 Å². The van der Waals surface area contributed by atoms with E-state index in [4.69, 9.17) is 0 Å². The minimum atomic E-state index is -4.77. The van der Waals surface area contributed by atoms with Crippen LogP contribution in [0.1, 0.15) is 132 Å². The van der Waals surface area contributed by atoms with Gasteiger partial charge in [0.05, 0.1) is 35.8 Å². The molecule has 0 spiro atoms. The number of benzene rings is 4. The van der Waals surface area contributed by atoms with E-state index in [2.05, 4.69) is 19.3 Å². The summed E-state index contributed by atoms with van der Waals surface area (Å²) in [5.74, 6) is 0. The predicted molar refractivity (Wildman–Crippen MR) is 222 cm³/mol. The number of nitrogens with two attached hydrogens (primary N) is 1. The molecule has 0 saturated carbocycles. The number of rotatable bonds is 21. The largest absolute Gasteiger partial charge is 0.416 e. The summed E-state index contributed by atoms with van der Waals surface area (Å²) >= 11 is 0. The fraction of sp³-hybridized carbons (Fsp3) is 0.489. The number of unbranched alkanes of at least 4 members (excludes halogenated alkanes) is 15. The first-order chi connectivity index (χ1) is 28.8. The van der Waals surface area contributed by atoms with Crippen molar-refractivity contribution in [3.63, 3.8) is 0 Å². The second-order valence-corrected chi connectivity index (χ2v) is 15.8. The first-order valence-corrected chi connectivity index (χ1v) is 21.4. The monoisotopic (exact) mass is 875 g/mol. The van der Waals surface area contributed by atoms with E-state index in [0.717, 1.165) is 48.5 Å². The Kier molecular flexibility index (Phi) is 20.3. The highest BCUT2D eigenvalue weighted by molar-refractivity contribution is 7.19. The summed E-state index contributed by atoms with van der Waals surface area (Å²) in [5, 5.41) is 2.30. The Labute approximate surface area is 352 Å². The van der Waals surface area contributed by atoms with Crippen LogP contribution in [-0.4, -0.2) is 19.7 Å². The average Bonchev–Trinajstić information content (AvgIpc) is 3.21. The maximum absolute atomic E-state index is 13.3. The molecule has 0 fully saturated rings. The third-order valence-corrected chi connectivity index (χ3v) is 11.3. The maximum Gasteiger partial charge on any atom is 0.416 e. The van der Waals surface area contributed by atoms with Gasteiger partial charge in [-0.1, -0.05) is 194 Å². The minimum absolute atomic E-state index is 0.0114. The van der Waals surface area contributed by atoms with E-state index in [1.807, 2.05) is 0 Å². The molecule has 0 unspecified atom stereocenters. The van der Waals surface area contributed by atoms with E-state index < -0.39 is 53.1 Å². The van der Waals surface area contributed by atoms with Crippen LogP contribution >= 0.6 is 0 Å². The zero-order valence-corrected chi connectivity index (χ0v) is 34.9. The highest BCUT2D eigenvalue weighted by Gasteiger charge is 2.38. The molecule has 0 heterocycles. The summed E-state index contributed by atoms with van der Waals surface area (Å²) in [4.78, 5) is 0. The topological polar surface area (TPSA) is 16.6 Å². The molecule has 338 valence electrons. The number of hydrogen-bond acceptors (Lipinski definition) is 0. The lowest BCUT2D eigenvalue weighted by Gasteiger charge is -2.44. The number of alkyl halides is 12. The molecular weight excluding hydrogens is 817 g/mol. The molecule has 0 aliphatic carbocycles. The summed E-state index contributed by atoms with van der Waals surface area (Å²) in [6.45, 7) is 3.61. The quantitative estimate of drug-likeness (QED) is 0.0488. The molecule has 0 aromatic heterocycles. The first-order valence-electron chi connectivity index (χ1n) is 21.4. The van der Waals surface area contributed by atoms with Crippen molar-refractivity contribution >= 4 is 28.0 Å². The molecule has 2 N–H and O–H groups in total. The average molecular weight is 876 g/mol. The summed E-state index contributed by atoms with van der Waals surface area (Å²) in [6, 6.07) is 13.6. The SMILES string of the molecule is CCCCCCCCCCCCCCCCCC[NH2+]C.FC(F)(F)c1ccc([B-](c2ccc(C(F)(F)F)cc2)(c2ccc(C(F)(F)F)cc2)c2ccc(C(F)(F)F)cc2)cc1. The zero-order valence-electron chi connectivity index (χ0n) is 34.9. The molecule has 0 radical (unpaired) electrons. The number of halogens is 12. The van der Waals surface area contributed by atoms with Gasteiger partial charge in [0.1, 0.15) is 6.15 Å². The van der Waals surface area contributed by atoms with Gasteiger partial charge >= 0.3 is 24.7 Å². The Morgan fingerprint density at radius 3 is 0.705 bits per heavy atom. The normalized spacial score (nSPS) is 12.6. The van der Waals surface area contributed by atoms with Gasteiger partial charge in [-0.3, -0.25) is 0 Å². The Morgan fingerprint density at radius 1 is 0.328 bits per heavy atom. The Bertz CT molecular complexity index is 1540. The van der Waals surface area contributed by atoms with Crippen LogP contribution in [0.5, 0.6) is 0 Å². The molecule has 0 aliphatic rings. The van der Waals surface area contributed by atoms with Crippen LogP contribution in [0.2, 0.25) is 0 Å². The van der Waals surface area contributed by atoms with Crippen LogP contribution in [0.25, 0.3) is 0 Å². The smallest absolute Gasteiger partial charge is 0.349 e. The molecule has 1 nitrogen and oxygen atoms in total. The molecule has 4 aromatic carbocycles. The van der Waals surface area contributed by atoms with Gasteiger partial charge in [0.25, 0.3) is 0 Å². The lowest BCUT2D eigenvalue weighted by molar-refractivity contribution is -0.627. The minimum Gasteiger partial charge on any atom is -0.349 e. The van der Waals surface area contributed by atoms with Crippen LogP contribution in [0.15, 0.2) is 97.1 Å². The van der Waals surface area contributed by atoms with Gasteiger partial charge < -0.3 is 5.32 Å². The maximum atomic E-state index is 13.3. The van der Waals surface area contributed by atoms with Gasteiger partial charge in [0.15, 0.2) is 0 Å². The Balaban J connectivity index is 0.000000419. The second kappa shape index (κ2) is 24.1. The zero-order chi connectivity index (χ0) is 45.2. The molecule has 0 atom stereocenters. The number of quaternary nitrogens is 1. The Morgan fingerprint density at radius 2 is 0.525 bits per heavy atom. The third-order valence-electron chi connectivity index (χ3n) is 11.3. The molecule has 4 rings (SSSR count). The van der Waals surface area contributed by atoms with Crippen molar-refractivity contribution < 1.29 is 58.0 Å². The number of hydrogen-bond donors (Lipinski definition) is 1. The summed E-state index contributed by atoms with van der Waals surface area (Å²) in [7, 11) is 2.17. The highest BCUT2D eigenvalue weighted by Crippen LogP contribution is 2.32. The fourth-order valence-electron chi connectivity index (χ4n) is 7.89. The van der Waals surface area contributed by atoms with Crippen molar-refractivity contribution in [2.45, 2.75) is 134 Å². The van der Waals surface area contributed by atoms with Gasteiger partial charge in [-0.05, 0) is 12.8 Å². The summed E-state index contributed by atoms with van der Waals surface area (Å²) in [6.07, 6.45) is 1.42. The van der Waals surface area contributed by atoms with Gasteiger partial charge in [-0.25, -0.2) is 0 Å². The van der Waals surface area contributed by atoms with Crippen LogP contribution < -0.4 is 27.2 Å². The van der Waals surface area contributed by atoms with Crippen LogP contribution in [0, 0.1) is 0 Å². The summed E-state index contributed by atoms with van der Waals surface area (Å²) in [5.41, 5.74) is -4.29. The van der Waals surface area contributed by atoms with Crippen LogP contribution in [0.3, 0.4) is 0 Å². The van der Waals surface area contributed by atoms with E-state index in [-0.39, 0.29) is 21.9 Å². The first kappa shape index (κ1) is 51.4. The molecule has 61 heavy (non-hydrogen) atoms. The van der Waals surface area contributed by atoms with Crippen molar-refractivity contribution in [2.75, 3.05) is 13.6 Å². The molecule has 14 heteroatoms. The molecule has 0 bridgehead atoms. The lowest BCUT2D eigenvalue weighted by Crippen LogP contribution is -2.79. The van der Waals surface area contributed by atoms with E-state index in [1.165, 1.54) is 109 Å².